The van der Waals surface area contributed by atoms with Crippen molar-refractivity contribution in [2.75, 3.05) is 5.73 Å². The van der Waals surface area contributed by atoms with Gasteiger partial charge in [0.1, 0.15) is 0 Å². The van der Waals surface area contributed by atoms with E-state index < -0.39 is 0 Å². The first-order valence-electron chi connectivity index (χ1n) is 6.35. The summed E-state index contributed by atoms with van der Waals surface area (Å²) in [4.78, 5) is 12.1. The molecule has 0 bridgehead atoms. The second-order valence-corrected chi connectivity index (χ2v) is 4.99. The molecule has 0 aromatic heterocycles. The summed E-state index contributed by atoms with van der Waals surface area (Å²) in [5, 5.41) is 3.39. The molecule has 1 rings (SSSR count). The third kappa shape index (κ3) is 3.64. The Hall–Kier alpha value is -1.22. The van der Waals surface area contributed by atoms with E-state index in [0.29, 0.717) is 22.2 Å². The molecule has 1 aromatic rings. The molecular weight excluding hydrogens is 248 g/mol. The molecule has 0 aliphatic carbocycles. The highest BCUT2D eigenvalue weighted by Crippen LogP contribution is 2.20. The molecule has 18 heavy (non-hydrogen) atoms. The van der Waals surface area contributed by atoms with Gasteiger partial charge in [0.25, 0.3) is 5.91 Å². The maximum absolute atomic E-state index is 12.1. The van der Waals surface area contributed by atoms with Gasteiger partial charge in [-0.3, -0.25) is 4.79 Å². The molecule has 3 nitrogen and oxygen atoms in total. The van der Waals surface area contributed by atoms with Crippen molar-refractivity contribution in [3.05, 3.63) is 28.8 Å². The summed E-state index contributed by atoms with van der Waals surface area (Å²) in [6.45, 7) is 6.29. The second-order valence-electron chi connectivity index (χ2n) is 4.58. The number of carbonyl (C=O) groups is 1. The van der Waals surface area contributed by atoms with Gasteiger partial charge >= 0.3 is 0 Å². The highest BCUT2D eigenvalue weighted by atomic mass is 35.5. The minimum Gasteiger partial charge on any atom is -0.399 e. The van der Waals surface area contributed by atoms with Crippen LogP contribution in [0.4, 0.5) is 5.69 Å². The first kappa shape index (κ1) is 14.8. The van der Waals surface area contributed by atoms with Crippen molar-refractivity contribution >= 4 is 23.2 Å². The molecule has 0 saturated carbocycles. The van der Waals surface area contributed by atoms with Crippen molar-refractivity contribution in [1.82, 2.24) is 5.32 Å². The van der Waals surface area contributed by atoms with E-state index >= 15 is 0 Å². The Balaban J connectivity index is 2.76. The van der Waals surface area contributed by atoms with Gasteiger partial charge in [-0.2, -0.15) is 0 Å². The van der Waals surface area contributed by atoms with E-state index in [0.717, 1.165) is 12.8 Å². The van der Waals surface area contributed by atoms with Crippen molar-refractivity contribution in [1.29, 1.82) is 0 Å². The van der Waals surface area contributed by atoms with Crippen LogP contribution in [0.3, 0.4) is 0 Å². The highest BCUT2D eigenvalue weighted by Gasteiger charge is 2.18. The first-order valence-corrected chi connectivity index (χ1v) is 6.73. The molecule has 3 N–H and O–H groups in total. The predicted molar refractivity (Wildman–Crippen MR) is 76.9 cm³/mol. The van der Waals surface area contributed by atoms with Gasteiger partial charge in [-0.05, 0) is 31.0 Å². The molecule has 0 radical (unpaired) electrons. The number of halogens is 1. The number of rotatable bonds is 5. The fourth-order valence-corrected chi connectivity index (χ4v) is 2.39. The van der Waals surface area contributed by atoms with Crippen LogP contribution in [0.1, 0.15) is 44.0 Å². The zero-order valence-corrected chi connectivity index (χ0v) is 11.9. The van der Waals surface area contributed by atoms with E-state index in [1.165, 1.54) is 0 Å². The molecule has 0 spiro atoms. The van der Waals surface area contributed by atoms with Crippen molar-refractivity contribution < 1.29 is 4.79 Å². The lowest BCUT2D eigenvalue weighted by molar-refractivity contribution is 0.0925. The van der Waals surface area contributed by atoms with Crippen LogP contribution in [0.25, 0.3) is 0 Å². The van der Waals surface area contributed by atoms with Crippen LogP contribution in [0.5, 0.6) is 0 Å². The van der Waals surface area contributed by atoms with Gasteiger partial charge in [0.2, 0.25) is 0 Å². The quantitative estimate of drug-likeness (QED) is 0.804. The summed E-state index contributed by atoms with van der Waals surface area (Å²) >= 11 is 6.01. The number of amides is 1. The van der Waals surface area contributed by atoms with Crippen LogP contribution in [0.15, 0.2) is 18.2 Å². The van der Waals surface area contributed by atoms with E-state index in [9.17, 15) is 4.79 Å². The third-order valence-corrected chi connectivity index (χ3v) is 3.67. The van der Waals surface area contributed by atoms with Crippen LogP contribution >= 0.6 is 11.6 Å². The number of benzene rings is 1. The molecular formula is C14H21ClN2O. The summed E-state index contributed by atoms with van der Waals surface area (Å²) in [6, 6.07) is 5.08. The molecule has 1 unspecified atom stereocenters. The molecule has 1 atom stereocenters. The summed E-state index contributed by atoms with van der Waals surface area (Å²) in [5.74, 6) is 0.348. The van der Waals surface area contributed by atoms with Crippen LogP contribution < -0.4 is 11.1 Å². The first-order chi connectivity index (χ1) is 8.49. The number of nitrogen functional groups attached to an aromatic ring is 1. The number of carbonyl (C=O) groups excluding carboxylic acids is 1. The van der Waals surface area contributed by atoms with Crippen LogP contribution in [-0.4, -0.2) is 11.9 Å². The van der Waals surface area contributed by atoms with Crippen LogP contribution in [0, 0.1) is 5.92 Å². The Kier molecular flexibility index (Phi) is 5.48. The average molecular weight is 269 g/mol. The molecule has 0 saturated heterocycles. The zero-order chi connectivity index (χ0) is 13.7. The van der Waals surface area contributed by atoms with Crippen molar-refractivity contribution in [2.45, 2.75) is 39.7 Å². The smallest absolute Gasteiger partial charge is 0.253 e. The Morgan fingerprint density at radius 2 is 2.00 bits per heavy atom. The Bertz CT molecular complexity index is 416. The summed E-state index contributed by atoms with van der Waals surface area (Å²) in [7, 11) is 0. The van der Waals surface area contributed by atoms with Gasteiger partial charge in [0.15, 0.2) is 0 Å². The zero-order valence-electron chi connectivity index (χ0n) is 11.2. The molecule has 1 amide bonds. The summed E-state index contributed by atoms with van der Waals surface area (Å²) in [5.41, 5.74) is 6.64. The molecule has 0 aliphatic rings. The topological polar surface area (TPSA) is 55.1 Å². The van der Waals surface area contributed by atoms with E-state index in [2.05, 4.69) is 19.2 Å². The maximum atomic E-state index is 12.1. The normalized spacial score (nSPS) is 12.5. The van der Waals surface area contributed by atoms with Gasteiger partial charge in [-0.15, -0.1) is 0 Å². The second kappa shape index (κ2) is 6.64. The lowest BCUT2D eigenvalue weighted by Gasteiger charge is -2.22. The van der Waals surface area contributed by atoms with Crippen molar-refractivity contribution in [2.24, 2.45) is 5.92 Å². The maximum Gasteiger partial charge on any atom is 0.253 e. The number of hydrogen-bond donors (Lipinski definition) is 2. The predicted octanol–water partition coefficient (Wildman–Crippen LogP) is 3.48. The number of nitrogens with two attached hydrogens (primary N) is 1. The SMILES string of the molecule is CCC(CC)C(C)NC(=O)c1ccc(N)cc1Cl. The van der Waals surface area contributed by atoms with Gasteiger partial charge in [0, 0.05) is 11.7 Å². The van der Waals surface area contributed by atoms with E-state index in [1.54, 1.807) is 18.2 Å². The Morgan fingerprint density at radius 1 is 1.39 bits per heavy atom. The monoisotopic (exact) mass is 268 g/mol. The minimum atomic E-state index is -0.139. The van der Waals surface area contributed by atoms with Gasteiger partial charge < -0.3 is 11.1 Å². The standard InChI is InChI=1S/C14H21ClN2O/c1-4-10(5-2)9(3)17-14(18)12-7-6-11(16)8-13(12)15/h6-10H,4-5,16H2,1-3H3,(H,17,18). The lowest BCUT2D eigenvalue weighted by Crippen LogP contribution is -2.37. The van der Waals surface area contributed by atoms with Crippen LogP contribution in [-0.2, 0) is 0 Å². The van der Waals surface area contributed by atoms with Crippen molar-refractivity contribution in [3.63, 3.8) is 0 Å². The van der Waals surface area contributed by atoms with E-state index in [4.69, 9.17) is 17.3 Å². The Labute approximate surface area is 114 Å². The third-order valence-electron chi connectivity index (χ3n) is 3.35. The van der Waals surface area contributed by atoms with Gasteiger partial charge in [0.05, 0.1) is 10.6 Å². The molecule has 0 aliphatic heterocycles. The number of nitrogens with one attached hydrogen (secondary N) is 1. The Morgan fingerprint density at radius 3 is 2.50 bits per heavy atom. The highest BCUT2D eigenvalue weighted by molar-refractivity contribution is 6.34. The summed E-state index contributed by atoms with van der Waals surface area (Å²) < 4.78 is 0. The molecule has 0 heterocycles. The lowest BCUT2D eigenvalue weighted by atomic mass is 9.95. The molecule has 4 heteroatoms. The fourth-order valence-electron chi connectivity index (χ4n) is 2.11. The van der Waals surface area contributed by atoms with E-state index in [-0.39, 0.29) is 11.9 Å². The fraction of sp³-hybridized carbons (Fsp3) is 0.500. The number of anilines is 1. The van der Waals surface area contributed by atoms with Gasteiger partial charge in [-0.25, -0.2) is 0 Å². The van der Waals surface area contributed by atoms with Crippen molar-refractivity contribution in [3.8, 4) is 0 Å². The minimum absolute atomic E-state index is 0.139. The molecule has 0 fully saturated rings. The molecule has 100 valence electrons. The van der Waals surface area contributed by atoms with Gasteiger partial charge in [-0.1, -0.05) is 38.3 Å². The molecule has 1 aromatic carbocycles. The largest absolute Gasteiger partial charge is 0.399 e. The average Bonchev–Trinajstić information content (AvgIpc) is 2.30. The summed E-state index contributed by atoms with van der Waals surface area (Å²) in [6.07, 6.45) is 2.10. The van der Waals surface area contributed by atoms with E-state index in [1.807, 2.05) is 6.92 Å². The van der Waals surface area contributed by atoms with Crippen LogP contribution in [0.2, 0.25) is 5.02 Å². The number of hydrogen-bond acceptors (Lipinski definition) is 2.